The van der Waals surface area contributed by atoms with Crippen LogP contribution in [-0.4, -0.2) is 71.3 Å². The van der Waals surface area contributed by atoms with Crippen LogP contribution in [0.1, 0.15) is 63.7 Å². The highest BCUT2D eigenvalue weighted by Crippen LogP contribution is 2.52. The molecule has 1 unspecified atom stereocenters. The Morgan fingerprint density at radius 1 is 0.744 bits per heavy atom. The van der Waals surface area contributed by atoms with Gasteiger partial charge in [-0.2, -0.15) is 0 Å². The quantitative estimate of drug-likeness (QED) is 0.129. The van der Waals surface area contributed by atoms with E-state index in [2.05, 4.69) is 0 Å². The van der Waals surface area contributed by atoms with Crippen LogP contribution in [0.15, 0.2) is 24.3 Å². The van der Waals surface area contributed by atoms with Crippen molar-refractivity contribution in [3.8, 4) is 34.1 Å². The van der Waals surface area contributed by atoms with E-state index in [1.807, 2.05) is 0 Å². The molecule has 3 aromatic rings. The van der Waals surface area contributed by atoms with Gasteiger partial charge in [-0.1, -0.05) is 18.2 Å². The summed E-state index contributed by atoms with van der Waals surface area (Å²) in [6.45, 7) is 1.53. The monoisotopic (exact) mass is 537 g/mol. The van der Waals surface area contributed by atoms with Crippen LogP contribution in [-0.2, 0) is 11.2 Å². The highest BCUT2D eigenvalue weighted by atomic mass is 16.4. The highest BCUT2D eigenvalue weighted by Gasteiger charge is 2.43. The molecule has 0 saturated heterocycles. The molecule has 0 radical (unpaired) electrons. The number of aryl methyl sites for hydroxylation is 1. The molecule has 0 heterocycles. The maximum Gasteiger partial charge on any atom is 0.340 e. The first-order valence-electron chi connectivity index (χ1n) is 11.0. The minimum Gasteiger partial charge on any atom is -0.507 e. The Kier molecular flexibility index (Phi) is 6.25. The number of ketones is 2. The van der Waals surface area contributed by atoms with Crippen molar-refractivity contribution < 1.29 is 59.7 Å². The lowest BCUT2D eigenvalue weighted by Gasteiger charge is -2.24. The van der Waals surface area contributed by atoms with E-state index in [4.69, 9.17) is 10.8 Å². The number of rotatable bonds is 6. The first kappa shape index (κ1) is 26.6. The summed E-state index contributed by atoms with van der Waals surface area (Å²) in [6, 6.07) is 3.60. The van der Waals surface area contributed by atoms with Crippen molar-refractivity contribution in [3.05, 3.63) is 68.8 Å². The molecule has 0 saturated carbocycles. The topological polar surface area (TPSA) is 253 Å². The van der Waals surface area contributed by atoms with Crippen molar-refractivity contribution in [3.63, 3.8) is 0 Å². The van der Waals surface area contributed by atoms with Gasteiger partial charge in [-0.05, 0) is 36.1 Å². The number of aromatic carboxylic acids is 2. The Labute approximate surface area is 217 Å². The molecule has 0 fully saturated rings. The first-order chi connectivity index (χ1) is 18.2. The fraction of sp³-hybridized carbons (Fsp3) is 0.115. The third-order valence-electron chi connectivity index (χ3n) is 6.43. The van der Waals surface area contributed by atoms with Crippen LogP contribution < -0.4 is 5.73 Å². The van der Waals surface area contributed by atoms with Crippen LogP contribution in [0.3, 0.4) is 0 Å². The number of carboxylic acids is 3. The molecule has 1 atom stereocenters. The molecule has 200 valence electrons. The van der Waals surface area contributed by atoms with Gasteiger partial charge in [0.2, 0.25) is 0 Å². The van der Waals surface area contributed by atoms with E-state index < -0.39 is 97.5 Å². The van der Waals surface area contributed by atoms with Crippen LogP contribution in [0, 0.1) is 6.92 Å². The van der Waals surface area contributed by atoms with Crippen LogP contribution in [0.25, 0.3) is 11.1 Å². The van der Waals surface area contributed by atoms with Crippen LogP contribution in [0.2, 0.25) is 0 Å². The summed E-state index contributed by atoms with van der Waals surface area (Å²) in [6.07, 6.45) is -0.171. The summed E-state index contributed by atoms with van der Waals surface area (Å²) in [5, 5.41) is 71.1. The molecular formula is C26H19NO12. The minimum absolute atomic E-state index is 0.0135. The largest absolute Gasteiger partial charge is 0.507 e. The van der Waals surface area contributed by atoms with Gasteiger partial charge in [0.25, 0.3) is 0 Å². The summed E-state index contributed by atoms with van der Waals surface area (Å²) in [7, 11) is 0. The lowest BCUT2D eigenvalue weighted by molar-refractivity contribution is -0.138. The normalized spacial score (nSPS) is 13.0. The van der Waals surface area contributed by atoms with Crippen molar-refractivity contribution in [2.24, 2.45) is 5.73 Å². The number of aliphatic carboxylic acids is 1. The van der Waals surface area contributed by atoms with E-state index in [0.717, 1.165) is 0 Å². The Bertz CT molecular complexity index is 1670. The number of hydrogen-bond acceptors (Lipinski definition) is 10. The van der Waals surface area contributed by atoms with Crippen molar-refractivity contribution in [1.82, 2.24) is 0 Å². The molecule has 0 aromatic heterocycles. The number of hydrogen-bond donors (Lipinski definition) is 8. The van der Waals surface area contributed by atoms with Crippen molar-refractivity contribution in [1.29, 1.82) is 0 Å². The maximum atomic E-state index is 13.6. The van der Waals surface area contributed by atoms with Gasteiger partial charge in [0.1, 0.15) is 23.1 Å². The summed E-state index contributed by atoms with van der Waals surface area (Å²) < 4.78 is 0. The highest BCUT2D eigenvalue weighted by molar-refractivity contribution is 6.34. The van der Waals surface area contributed by atoms with Gasteiger partial charge >= 0.3 is 17.9 Å². The van der Waals surface area contributed by atoms with E-state index in [1.54, 1.807) is 0 Å². The van der Waals surface area contributed by atoms with Gasteiger partial charge in [-0.15, -0.1) is 0 Å². The number of carbonyl (C=O) groups excluding carboxylic acids is 2. The van der Waals surface area contributed by atoms with Crippen molar-refractivity contribution in [2.45, 2.75) is 19.4 Å². The third kappa shape index (κ3) is 3.97. The van der Waals surface area contributed by atoms with Gasteiger partial charge in [-0.25, -0.2) is 9.59 Å². The van der Waals surface area contributed by atoms with Crippen LogP contribution in [0.4, 0.5) is 0 Å². The Morgan fingerprint density at radius 2 is 1.31 bits per heavy atom. The standard InChI is InChI=1S/C26H19NO12/c1-7-2-3-8(5-11(27)24(34)35)4-9(7)14-21(31)18-17(23(33)22(14)32)19(29)10-6-12(28)15(25(36)37)16(26(38)39)13(10)20(18)30/h2-4,6,11,28,31-33H,5,27H2,1H3,(H,34,35)(H,36,37)(H,38,39). The molecule has 39 heavy (non-hydrogen) atoms. The lowest BCUT2D eigenvalue weighted by Crippen LogP contribution is -2.32. The fourth-order valence-corrected chi connectivity index (χ4v) is 4.59. The first-order valence-corrected chi connectivity index (χ1v) is 11.0. The molecule has 0 spiro atoms. The summed E-state index contributed by atoms with van der Waals surface area (Å²) in [5.41, 5.74) is -0.137. The van der Waals surface area contributed by atoms with Gasteiger partial charge in [0.15, 0.2) is 23.1 Å². The predicted octanol–water partition coefficient (Wildman–Crippen LogP) is 1.61. The number of benzene rings is 3. The van der Waals surface area contributed by atoms with Gasteiger partial charge in [0.05, 0.1) is 22.3 Å². The zero-order valence-electron chi connectivity index (χ0n) is 19.8. The summed E-state index contributed by atoms with van der Waals surface area (Å²) in [5.74, 6) is -12.2. The molecule has 13 heteroatoms. The Balaban J connectivity index is 2.05. The molecule has 4 rings (SSSR count). The van der Waals surface area contributed by atoms with E-state index in [0.29, 0.717) is 17.2 Å². The van der Waals surface area contributed by atoms with Crippen molar-refractivity contribution in [2.75, 3.05) is 0 Å². The third-order valence-corrected chi connectivity index (χ3v) is 6.43. The van der Waals surface area contributed by atoms with Gasteiger partial charge in [0, 0.05) is 11.1 Å². The van der Waals surface area contributed by atoms with E-state index >= 15 is 0 Å². The number of nitrogens with two attached hydrogens (primary N) is 1. The molecular weight excluding hydrogens is 518 g/mol. The lowest BCUT2D eigenvalue weighted by atomic mass is 9.77. The fourth-order valence-electron chi connectivity index (χ4n) is 4.59. The summed E-state index contributed by atoms with van der Waals surface area (Å²) >= 11 is 0. The SMILES string of the molecule is Cc1ccc(CC(N)C(=O)O)cc1-c1c(O)c(O)c2c(c1O)C(=O)c1c(cc(O)c(C(=O)O)c1C(=O)O)C2=O. The molecule has 13 nitrogen and oxygen atoms in total. The second-order valence-electron chi connectivity index (χ2n) is 8.81. The Hall–Kier alpha value is -5.43. The molecule has 0 aliphatic heterocycles. The second kappa shape index (κ2) is 9.15. The van der Waals surface area contributed by atoms with E-state index in [1.165, 1.54) is 25.1 Å². The molecule has 0 amide bonds. The van der Waals surface area contributed by atoms with E-state index in [9.17, 15) is 54.6 Å². The number of carboxylic acid groups (broad SMARTS) is 3. The number of phenolic OH excluding ortho intramolecular Hbond substituents is 3. The molecule has 3 aromatic carbocycles. The average molecular weight is 537 g/mol. The second-order valence-corrected chi connectivity index (χ2v) is 8.81. The molecule has 1 aliphatic rings. The smallest absolute Gasteiger partial charge is 0.340 e. The molecule has 9 N–H and O–H groups in total. The predicted molar refractivity (Wildman–Crippen MR) is 130 cm³/mol. The van der Waals surface area contributed by atoms with Gasteiger partial charge in [-0.3, -0.25) is 14.4 Å². The van der Waals surface area contributed by atoms with E-state index in [-0.39, 0.29) is 12.0 Å². The maximum absolute atomic E-state index is 13.6. The number of carbonyl (C=O) groups is 5. The number of aromatic hydroxyl groups is 4. The van der Waals surface area contributed by atoms with Crippen molar-refractivity contribution >= 4 is 29.5 Å². The summed E-state index contributed by atoms with van der Waals surface area (Å²) in [4.78, 5) is 61.7. The zero-order chi connectivity index (χ0) is 29.1. The number of phenols is 4. The van der Waals surface area contributed by atoms with Crippen LogP contribution in [0.5, 0.6) is 23.0 Å². The zero-order valence-corrected chi connectivity index (χ0v) is 19.8. The van der Waals surface area contributed by atoms with Gasteiger partial charge < -0.3 is 41.5 Å². The van der Waals surface area contributed by atoms with Crippen LogP contribution >= 0.6 is 0 Å². The Morgan fingerprint density at radius 3 is 1.87 bits per heavy atom. The average Bonchev–Trinajstić information content (AvgIpc) is 2.85. The minimum atomic E-state index is -1.97. The molecule has 0 bridgehead atoms. The number of fused-ring (bicyclic) bond motifs is 2. The molecule has 1 aliphatic carbocycles.